The molecule has 114 valence electrons. The fourth-order valence-corrected chi connectivity index (χ4v) is 3.57. The first-order chi connectivity index (χ1) is 10.4. The van der Waals surface area contributed by atoms with Gasteiger partial charge in [-0.3, -0.25) is 4.99 Å². The van der Waals surface area contributed by atoms with Gasteiger partial charge >= 0.3 is 0 Å². The van der Waals surface area contributed by atoms with E-state index in [0.717, 1.165) is 0 Å². The summed E-state index contributed by atoms with van der Waals surface area (Å²) in [4.78, 5) is 7.31. The Kier molecular flexibility index (Phi) is 3.50. The van der Waals surface area contributed by atoms with Gasteiger partial charge in [-0.05, 0) is 12.1 Å². The van der Waals surface area contributed by atoms with E-state index in [9.17, 15) is 12.8 Å². The van der Waals surface area contributed by atoms with E-state index in [0.29, 0.717) is 11.1 Å². The molecule has 0 saturated heterocycles. The van der Waals surface area contributed by atoms with E-state index >= 15 is 0 Å². The Hall–Kier alpha value is -2.19. The third-order valence-corrected chi connectivity index (χ3v) is 4.89. The lowest BCUT2D eigenvalue weighted by atomic mass is 10.0. The minimum atomic E-state index is -3.75. The molecule has 2 aromatic rings. The van der Waals surface area contributed by atoms with Crippen molar-refractivity contribution in [1.82, 2.24) is 9.71 Å². The van der Waals surface area contributed by atoms with E-state index in [-0.39, 0.29) is 21.6 Å². The highest BCUT2D eigenvalue weighted by molar-refractivity contribution is 7.90. The molecular formula is C13H10ClFN4O2S. The number of hydrogen-bond donors (Lipinski definition) is 2. The number of sulfonamides is 1. The summed E-state index contributed by atoms with van der Waals surface area (Å²) in [5.74, 6) is -0.747. The Bertz CT molecular complexity index is 899. The standard InChI is InChI=1S/C13H10ClFN4O2S/c1-16-13-18-11-8(7-5-6-17-12(15)10(7)14)3-2-4-9(11)22(20,21)19-13/h2-6H,1H3,(H2,16,18,19). The zero-order valence-corrected chi connectivity index (χ0v) is 12.8. The number of para-hydroxylation sites is 1. The SMILES string of the molecule is CN=C1Nc2c(-c3ccnc(F)c3Cl)cccc2S(=O)(=O)N1. The molecule has 2 heterocycles. The van der Waals surface area contributed by atoms with Crippen molar-refractivity contribution in [3.63, 3.8) is 0 Å². The van der Waals surface area contributed by atoms with Crippen LogP contribution in [0.2, 0.25) is 5.02 Å². The third kappa shape index (κ3) is 2.30. The molecule has 1 aromatic carbocycles. The number of rotatable bonds is 1. The maximum Gasteiger partial charge on any atom is 0.266 e. The molecule has 0 atom stereocenters. The smallest absolute Gasteiger partial charge is 0.266 e. The molecule has 3 rings (SSSR count). The predicted molar refractivity (Wildman–Crippen MR) is 81.9 cm³/mol. The number of aliphatic imine (C=N–C) groups is 1. The van der Waals surface area contributed by atoms with Crippen LogP contribution in [0.4, 0.5) is 10.1 Å². The van der Waals surface area contributed by atoms with Crippen LogP contribution in [-0.4, -0.2) is 26.4 Å². The number of aromatic nitrogens is 1. The molecule has 0 spiro atoms. The fourth-order valence-electron chi connectivity index (χ4n) is 2.16. The summed E-state index contributed by atoms with van der Waals surface area (Å²) in [5.41, 5.74) is 1.07. The molecule has 0 fully saturated rings. The minimum absolute atomic E-state index is 0.0330. The molecule has 0 radical (unpaired) electrons. The summed E-state index contributed by atoms with van der Waals surface area (Å²) in [7, 11) is -2.31. The number of hydrogen-bond acceptors (Lipinski definition) is 4. The molecule has 2 N–H and O–H groups in total. The fraction of sp³-hybridized carbons (Fsp3) is 0.0769. The van der Waals surface area contributed by atoms with E-state index in [1.54, 1.807) is 12.1 Å². The van der Waals surface area contributed by atoms with Gasteiger partial charge in [0.2, 0.25) is 11.9 Å². The Balaban J connectivity index is 2.31. The number of nitrogens with one attached hydrogen (secondary N) is 2. The van der Waals surface area contributed by atoms with E-state index in [4.69, 9.17) is 11.6 Å². The van der Waals surface area contributed by atoms with E-state index in [2.05, 4.69) is 20.0 Å². The molecule has 0 saturated carbocycles. The first-order valence-corrected chi connectivity index (χ1v) is 8.00. The van der Waals surface area contributed by atoms with Crippen molar-refractivity contribution in [1.29, 1.82) is 0 Å². The van der Waals surface area contributed by atoms with Crippen molar-refractivity contribution >= 4 is 33.3 Å². The van der Waals surface area contributed by atoms with Gasteiger partial charge in [-0.15, -0.1) is 0 Å². The first-order valence-electron chi connectivity index (χ1n) is 6.14. The van der Waals surface area contributed by atoms with Crippen molar-refractivity contribution in [3.05, 3.63) is 41.4 Å². The van der Waals surface area contributed by atoms with Crippen LogP contribution in [0.1, 0.15) is 0 Å². The molecule has 0 bridgehead atoms. The molecular weight excluding hydrogens is 331 g/mol. The van der Waals surface area contributed by atoms with Crippen LogP contribution in [0.15, 0.2) is 40.4 Å². The van der Waals surface area contributed by atoms with Crippen LogP contribution in [-0.2, 0) is 10.0 Å². The van der Waals surface area contributed by atoms with Crippen LogP contribution >= 0.6 is 11.6 Å². The van der Waals surface area contributed by atoms with Crippen LogP contribution in [0.5, 0.6) is 0 Å². The van der Waals surface area contributed by atoms with Gasteiger partial charge in [0.1, 0.15) is 9.92 Å². The van der Waals surface area contributed by atoms with Gasteiger partial charge in [0.25, 0.3) is 10.0 Å². The quantitative estimate of drug-likeness (QED) is 0.780. The monoisotopic (exact) mass is 340 g/mol. The Labute approximate surface area is 131 Å². The van der Waals surface area contributed by atoms with Crippen LogP contribution in [0.3, 0.4) is 0 Å². The van der Waals surface area contributed by atoms with Crippen molar-refractivity contribution in [2.45, 2.75) is 4.90 Å². The molecule has 1 aliphatic heterocycles. The molecule has 1 aliphatic rings. The minimum Gasteiger partial charge on any atom is -0.324 e. The highest BCUT2D eigenvalue weighted by Gasteiger charge is 2.29. The van der Waals surface area contributed by atoms with E-state index < -0.39 is 16.0 Å². The topological polar surface area (TPSA) is 83.5 Å². The molecule has 0 unspecified atom stereocenters. The number of pyridine rings is 1. The predicted octanol–water partition coefficient (Wildman–Crippen LogP) is 2.23. The second-order valence-corrected chi connectivity index (χ2v) is 6.47. The maximum atomic E-state index is 13.6. The van der Waals surface area contributed by atoms with Crippen LogP contribution < -0.4 is 10.0 Å². The average Bonchev–Trinajstić information content (AvgIpc) is 2.49. The lowest BCUT2D eigenvalue weighted by Gasteiger charge is -2.23. The third-order valence-electron chi connectivity index (χ3n) is 3.15. The van der Waals surface area contributed by atoms with E-state index in [1.807, 2.05) is 0 Å². The first kappa shape index (κ1) is 14.7. The van der Waals surface area contributed by atoms with Gasteiger partial charge in [-0.2, -0.15) is 4.39 Å². The second-order valence-electron chi connectivity index (χ2n) is 4.44. The zero-order chi connectivity index (χ0) is 15.9. The number of benzene rings is 1. The summed E-state index contributed by atoms with van der Waals surface area (Å²) in [6.07, 6.45) is 1.26. The molecule has 1 aromatic heterocycles. The highest BCUT2D eigenvalue weighted by atomic mass is 35.5. The van der Waals surface area contributed by atoms with Gasteiger partial charge in [0.15, 0.2) is 0 Å². The van der Waals surface area contributed by atoms with Gasteiger partial charge in [-0.1, -0.05) is 23.7 Å². The molecule has 6 nitrogen and oxygen atoms in total. The summed E-state index contributed by atoms with van der Waals surface area (Å²) in [5, 5.41) is 2.70. The highest BCUT2D eigenvalue weighted by Crippen LogP contribution is 2.38. The van der Waals surface area contributed by atoms with Gasteiger partial charge < -0.3 is 5.32 Å². The van der Waals surface area contributed by atoms with Crippen LogP contribution in [0.25, 0.3) is 11.1 Å². The lowest BCUT2D eigenvalue weighted by Crippen LogP contribution is -2.40. The van der Waals surface area contributed by atoms with Crippen LogP contribution in [0, 0.1) is 5.95 Å². The van der Waals surface area contributed by atoms with Crippen molar-refractivity contribution in [3.8, 4) is 11.1 Å². The normalized spacial score (nSPS) is 17.5. The second kappa shape index (κ2) is 5.22. The molecule has 0 amide bonds. The summed E-state index contributed by atoms with van der Waals surface area (Å²) < 4.78 is 40.3. The largest absolute Gasteiger partial charge is 0.324 e. The summed E-state index contributed by atoms with van der Waals surface area (Å²) in [6.45, 7) is 0. The number of guanidine groups is 1. The number of nitrogens with zero attached hydrogens (tertiary/aromatic N) is 2. The molecule has 0 aliphatic carbocycles. The Morgan fingerprint density at radius 3 is 2.77 bits per heavy atom. The zero-order valence-electron chi connectivity index (χ0n) is 11.3. The number of halogens is 2. The van der Waals surface area contributed by atoms with E-state index in [1.165, 1.54) is 25.4 Å². The van der Waals surface area contributed by atoms with Crippen molar-refractivity contribution in [2.24, 2.45) is 4.99 Å². The summed E-state index contributed by atoms with van der Waals surface area (Å²) in [6, 6.07) is 6.14. The lowest BCUT2D eigenvalue weighted by molar-refractivity contribution is 0.585. The number of fused-ring (bicyclic) bond motifs is 1. The average molecular weight is 341 g/mol. The summed E-state index contributed by atoms with van der Waals surface area (Å²) >= 11 is 5.95. The van der Waals surface area contributed by atoms with Gasteiger partial charge in [0, 0.05) is 24.4 Å². The maximum absolute atomic E-state index is 13.6. The van der Waals surface area contributed by atoms with Crippen molar-refractivity contribution in [2.75, 3.05) is 12.4 Å². The molecule has 9 heteroatoms. The Morgan fingerprint density at radius 2 is 2.05 bits per heavy atom. The molecule has 22 heavy (non-hydrogen) atoms. The van der Waals surface area contributed by atoms with Gasteiger partial charge in [0.05, 0.1) is 5.69 Å². The number of anilines is 1. The van der Waals surface area contributed by atoms with Gasteiger partial charge in [-0.25, -0.2) is 18.1 Å². The Morgan fingerprint density at radius 1 is 1.27 bits per heavy atom. The van der Waals surface area contributed by atoms with Crippen molar-refractivity contribution < 1.29 is 12.8 Å².